The zero-order valence-corrected chi connectivity index (χ0v) is 11.1. The third kappa shape index (κ3) is 4.71. The molecule has 0 aliphatic heterocycles. The fraction of sp³-hybridized carbons (Fsp3) is 0.250. The van der Waals surface area contributed by atoms with Gasteiger partial charge < -0.3 is 10.1 Å². The van der Waals surface area contributed by atoms with Crippen LogP contribution in [0, 0.1) is 0 Å². The molecule has 0 heterocycles. The second kappa shape index (κ2) is 7.25. The Bertz CT molecular complexity index is 409. The van der Waals surface area contributed by atoms with Crippen LogP contribution in [0.25, 0.3) is 0 Å². The molecule has 5 heteroatoms. The van der Waals surface area contributed by atoms with Crippen LogP contribution >= 0.6 is 23.4 Å². The van der Waals surface area contributed by atoms with Crippen molar-refractivity contribution in [3.63, 3.8) is 0 Å². The van der Waals surface area contributed by atoms with Crippen molar-refractivity contribution >= 4 is 35.0 Å². The fourth-order valence-corrected chi connectivity index (χ4v) is 1.91. The van der Waals surface area contributed by atoms with Gasteiger partial charge in [0.15, 0.2) is 0 Å². The second-order valence-corrected chi connectivity index (χ2v) is 4.66. The minimum Gasteiger partial charge on any atom is -0.495 e. The third-order valence-corrected chi connectivity index (χ3v) is 3.08. The molecule has 0 fully saturated rings. The third-order valence-electron chi connectivity index (χ3n) is 1.90. The van der Waals surface area contributed by atoms with E-state index in [1.54, 1.807) is 31.4 Å². The summed E-state index contributed by atoms with van der Waals surface area (Å²) in [6, 6.07) is 5.09. The second-order valence-electron chi connectivity index (χ2n) is 3.20. The van der Waals surface area contributed by atoms with Crippen molar-refractivity contribution in [1.82, 2.24) is 0 Å². The quantitative estimate of drug-likeness (QED) is 0.638. The number of carbonyl (C=O) groups excluding carboxylic acids is 1. The molecule has 0 saturated heterocycles. The van der Waals surface area contributed by atoms with E-state index in [2.05, 4.69) is 11.9 Å². The number of hydrogen-bond acceptors (Lipinski definition) is 3. The van der Waals surface area contributed by atoms with Crippen LogP contribution in [-0.2, 0) is 4.79 Å². The number of amides is 1. The van der Waals surface area contributed by atoms with Gasteiger partial charge in [-0.25, -0.2) is 0 Å². The Balaban J connectivity index is 2.63. The average Bonchev–Trinajstić information content (AvgIpc) is 2.29. The van der Waals surface area contributed by atoms with Gasteiger partial charge in [0.1, 0.15) is 5.75 Å². The van der Waals surface area contributed by atoms with Gasteiger partial charge in [0.05, 0.1) is 18.6 Å². The van der Waals surface area contributed by atoms with Crippen LogP contribution in [0.3, 0.4) is 0 Å². The highest BCUT2D eigenvalue weighted by Crippen LogP contribution is 2.27. The Morgan fingerprint density at radius 2 is 2.41 bits per heavy atom. The topological polar surface area (TPSA) is 38.3 Å². The van der Waals surface area contributed by atoms with Crippen LogP contribution in [0.1, 0.15) is 0 Å². The van der Waals surface area contributed by atoms with Crippen LogP contribution in [-0.4, -0.2) is 24.5 Å². The molecule has 0 unspecified atom stereocenters. The number of anilines is 1. The highest BCUT2D eigenvalue weighted by atomic mass is 35.5. The minimum absolute atomic E-state index is 0.0857. The van der Waals surface area contributed by atoms with E-state index in [4.69, 9.17) is 16.3 Å². The summed E-state index contributed by atoms with van der Waals surface area (Å²) in [6.45, 7) is 3.59. The first-order valence-electron chi connectivity index (χ1n) is 4.99. The Hall–Kier alpha value is -1.13. The number of nitrogens with one attached hydrogen (secondary N) is 1. The molecule has 0 radical (unpaired) electrons. The van der Waals surface area contributed by atoms with Gasteiger partial charge in [-0.2, -0.15) is 0 Å². The molecule has 0 saturated carbocycles. The van der Waals surface area contributed by atoms with Crippen molar-refractivity contribution in [3.05, 3.63) is 35.9 Å². The standard InChI is InChI=1S/C12H14ClNO2S/c1-3-6-17-8-12(15)14-10-7-9(13)4-5-11(10)16-2/h3-5,7H,1,6,8H2,2H3,(H,14,15). The lowest BCUT2D eigenvalue weighted by Gasteiger charge is -2.10. The van der Waals surface area contributed by atoms with Crippen LogP contribution in [0.5, 0.6) is 5.75 Å². The van der Waals surface area contributed by atoms with E-state index < -0.39 is 0 Å². The monoisotopic (exact) mass is 271 g/mol. The van der Waals surface area contributed by atoms with E-state index in [0.717, 1.165) is 5.75 Å². The van der Waals surface area contributed by atoms with E-state index >= 15 is 0 Å². The maximum Gasteiger partial charge on any atom is 0.234 e. The van der Waals surface area contributed by atoms with Crippen LogP contribution in [0.15, 0.2) is 30.9 Å². The van der Waals surface area contributed by atoms with Gasteiger partial charge in [-0.1, -0.05) is 17.7 Å². The summed E-state index contributed by atoms with van der Waals surface area (Å²) in [5.41, 5.74) is 0.587. The number of ether oxygens (including phenoxy) is 1. The number of carbonyl (C=O) groups is 1. The molecule has 17 heavy (non-hydrogen) atoms. The molecule has 1 amide bonds. The molecule has 92 valence electrons. The maximum absolute atomic E-state index is 11.6. The van der Waals surface area contributed by atoms with Gasteiger partial charge in [-0.15, -0.1) is 18.3 Å². The van der Waals surface area contributed by atoms with Crippen LogP contribution < -0.4 is 10.1 Å². The zero-order valence-electron chi connectivity index (χ0n) is 9.53. The van der Waals surface area contributed by atoms with Gasteiger partial charge >= 0.3 is 0 Å². The van der Waals surface area contributed by atoms with Gasteiger partial charge in [0.2, 0.25) is 5.91 Å². The number of thioether (sulfide) groups is 1. The van der Waals surface area contributed by atoms with Crippen molar-refractivity contribution in [3.8, 4) is 5.75 Å². The highest BCUT2D eigenvalue weighted by molar-refractivity contribution is 8.00. The number of benzene rings is 1. The predicted molar refractivity (Wildman–Crippen MR) is 74.2 cm³/mol. The Kier molecular flexibility index (Phi) is 5.94. The fourth-order valence-electron chi connectivity index (χ4n) is 1.20. The lowest BCUT2D eigenvalue weighted by Crippen LogP contribution is -2.14. The van der Waals surface area contributed by atoms with Crippen molar-refractivity contribution in [2.75, 3.05) is 23.9 Å². The van der Waals surface area contributed by atoms with Crippen LogP contribution in [0.4, 0.5) is 5.69 Å². The number of methoxy groups -OCH3 is 1. The van der Waals surface area contributed by atoms with Gasteiger partial charge in [0, 0.05) is 10.8 Å². The average molecular weight is 272 g/mol. The highest BCUT2D eigenvalue weighted by Gasteiger charge is 2.07. The summed E-state index contributed by atoms with van der Waals surface area (Å²) < 4.78 is 5.13. The van der Waals surface area contributed by atoms with Gasteiger partial charge in [0.25, 0.3) is 0 Å². The summed E-state index contributed by atoms with van der Waals surface area (Å²) in [6.07, 6.45) is 1.76. The molecule has 3 nitrogen and oxygen atoms in total. The Morgan fingerprint density at radius 3 is 3.06 bits per heavy atom. The number of halogens is 1. The SMILES string of the molecule is C=CCSCC(=O)Nc1cc(Cl)ccc1OC. The first-order valence-corrected chi connectivity index (χ1v) is 6.52. The predicted octanol–water partition coefficient (Wildman–Crippen LogP) is 3.21. The van der Waals surface area contributed by atoms with Crippen molar-refractivity contribution in [2.24, 2.45) is 0 Å². The first-order chi connectivity index (χ1) is 8.17. The summed E-state index contributed by atoms with van der Waals surface area (Å²) in [5, 5.41) is 3.31. The molecular weight excluding hydrogens is 258 g/mol. The van der Waals surface area contributed by atoms with E-state index in [1.807, 2.05) is 0 Å². The molecule has 0 bridgehead atoms. The number of hydrogen-bond donors (Lipinski definition) is 1. The maximum atomic E-state index is 11.6. The zero-order chi connectivity index (χ0) is 12.7. The molecule has 0 atom stereocenters. The van der Waals surface area contributed by atoms with E-state index in [9.17, 15) is 4.79 Å². The van der Waals surface area contributed by atoms with E-state index in [0.29, 0.717) is 22.2 Å². The van der Waals surface area contributed by atoms with Crippen molar-refractivity contribution in [2.45, 2.75) is 0 Å². The Labute approximate surface area is 110 Å². The van der Waals surface area contributed by atoms with Crippen LogP contribution in [0.2, 0.25) is 5.02 Å². The van der Waals surface area contributed by atoms with E-state index in [-0.39, 0.29) is 5.91 Å². The van der Waals surface area contributed by atoms with E-state index in [1.165, 1.54) is 11.8 Å². The molecule has 1 aromatic rings. The summed E-state index contributed by atoms with van der Waals surface area (Å²) in [7, 11) is 1.55. The van der Waals surface area contributed by atoms with Gasteiger partial charge in [-0.3, -0.25) is 4.79 Å². The molecule has 0 aromatic heterocycles. The molecule has 1 rings (SSSR count). The Morgan fingerprint density at radius 1 is 1.65 bits per heavy atom. The molecule has 0 aliphatic rings. The summed E-state index contributed by atoms with van der Waals surface area (Å²) in [5.74, 6) is 1.64. The first kappa shape index (κ1) is 13.9. The van der Waals surface area contributed by atoms with Gasteiger partial charge in [-0.05, 0) is 18.2 Å². The van der Waals surface area contributed by atoms with Crippen molar-refractivity contribution in [1.29, 1.82) is 0 Å². The lowest BCUT2D eigenvalue weighted by molar-refractivity contribution is -0.113. The molecule has 0 spiro atoms. The largest absolute Gasteiger partial charge is 0.495 e. The number of rotatable bonds is 6. The lowest BCUT2D eigenvalue weighted by atomic mass is 10.3. The molecule has 1 aromatic carbocycles. The molecular formula is C12H14ClNO2S. The summed E-state index contributed by atoms with van der Waals surface area (Å²) >= 11 is 7.35. The minimum atomic E-state index is -0.0857. The van der Waals surface area contributed by atoms with Crippen molar-refractivity contribution < 1.29 is 9.53 Å². The smallest absolute Gasteiger partial charge is 0.234 e. The molecule has 1 N–H and O–H groups in total. The molecule has 0 aliphatic carbocycles. The normalized spacial score (nSPS) is 9.76. The summed E-state index contributed by atoms with van der Waals surface area (Å²) in [4.78, 5) is 11.6.